The van der Waals surface area contributed by atoms with Gasteiger partial charge in [0.05, 0.1) is 0 Å². The summed E-state index contributed by atoms with van der Waals surface area (Å²) in [5.74, 6) is -1.03. The van der Waals surface area contributed by atoms with Gasteiger partial charge in [-0.25, -0.2) is 0 Å². The van der Waals surface area contributed by atoms with Crippen molar-refractivity contribution in [3.05, 3.63) is 41.5 Å². The fourth-order valence-electron chi connectivity index (χ4n) is 1.35. The highest BCUT2D eigenvalue weighted by Crippen LogP contribution is 2.20. The van der Waals surface area contributed by atoms with Crippen molar-refractivity contribution in [2.45, 2.75) is 13.8 Å². The van der Waals surface area contributed by atoms with Gasteiger partial charge in [-0.2, -0.15) is 0 Å². The van der Waals surface area contributed by atoms with Crippen LogP contribution in [0.3, 0.4) is 0 Å². The van der Waals surface area contributed by atoms with Gasteiger partial charge in [-0.15, -0.1) is 0 Å². The molecule has 1 aliphatic carbocycles. The molecule has 2 N–H and O–H groups in total. The quantitative estimate of drug-likeness (QED) is 0.654. The Morgan fingerprint density at radius 1 is 1.00 bits per heavy atom. The Balaban J connectivity index is 0.000000531. The lowest BCUT2D eigenvalue weighted by Gasteiger charge is -2.11. The van der Waals surface area contributed by atoms with Gasteiger partial charge in [0.15, 0.2) is 0 Å². The van der Waals surface area contributed by atoms with Crippen LogP contribution in [0.2, 0.25) is 0 Å². The number of rotatable bonds is 0. The lowest BCUT2D eigenvalue weighted by Crippen LogP contribution is -2.20. The number of fused-ring (bicyclic) bond motifs is 1. The minimum Gasteiger partial charge on any atom is -0.398 e. The molecule has 3 heteroatoms. The molecular weight excluding hydrogens is 190 g/mol. The number of benzene rings is 1. The van der Waals surface area contributed by atoms with Crippen molar-refractivity contribution in [3.63, 3.8) is 0 Å². The summed E-state index contributed by atoms with van der Waals surface area (Å²) < 4.78 is 0. The Bertz CT molecular complexity index is 433. The third-order valence-electron chi connectivity index (χ3n) is 1.99. The molecule has 0 spiro atoms. The lowest BCUT2D eigenvalue weighted by atomic mass is 9.93. The largest absolute Gasteiger partial charge is 0.398 e. The van der Waals surface area contributed by atoms with Crippen molar-refractivity contribution in [3.8, 4) is 0 Å². The van der Waals surface area contributed by atoms with Gasteiger partial charge in [-0.3, -0.25) is 9.59 Å². The highest BCUT2D eigenvalue weighted by Gasteiger charge is 2.23. The molecule has 0 aliphatic heterocycles. The number of Topliss-reactive ketones (excluding diaryl/α,β-unsaturated/α-hetero) is 1. The third kappa shape index (κ3) is 1.96. The molecule has 0 fully saturated rings. The molecule has 1 aliphatic rings. The smallest absolute Gasteiger partial charge is 0.233 e. The molecule has 3 nitrogen and oxygen atoms in total. The van der Waals surface area contributed by atoms with E-state index in [0.717, 1.165) is 0 Å². The van der Waals surface area contributed by atoms with Crippen LogP contribution in [0.4, 0.5) is 0 Å². The van der Waals surface area contributed by atoms with Gasteiger partial charge in [0, 0.05) is 22.9 Å². The summed E-state index contributed by atoms with van der Waals surface area (Å²) in [7, 11) is 0. The second-order valence-electron chi connectivity index (χ2n) is 2.84. The number of carbonyl (C=O) groups is 2. The zero-order chi connectivity index (χ0) is 11.4. The van der Waals surface area contributed by atoms with Crippen molar-refractivity contribution >= 4 is 17.3 Å². The van der Waals surface area contributed by atoms with Crippen molar-refractivity contribution in [2.75, 3.05) is 0 Å². The van der Waals surface area contributed by atoms with Crippen molar-refractivity contribution in [1.29, 1.82) is 0 Å². The molecular formula is C12H13NO2. The van der Waals surface area contributed by atoms with Crippen molar-refractivity contribution in [2.24, 2.45) is 5.73 Å². The molecule has 0 heterocycles. The summed E-state index contributed by atoms with van der Waals surface area (Å²) in [4.78, 5) is 22.4. The topological polar surface area (TPSA) is 60.2 Å². The molecule has 0 radical (unpaired) electrons. The Labute approximate surface area is 88.6 Å². The van der Waals surface area contributed by atoms with Crippen molar-refractivity contribution in [1.82, 2.24) is 0 Å². The van der Waals surface area contributed by atoms with E-state index in [1.807, 2.05) is 13.8 Å². The first-order chi connectivity index (χ1) is 7.20. The Kier molecular flexibility index (Phi) is 3.39. The molecule has 0 amide bonds. The van der Waals surface area contributed by atoms with Gasteiger partial charge in [-0.1, -0.05) is 38.1 Å². The van der Waals surface area contributed by atoms with Crippen LogP contribution in [0.5, 0.6) is 0 Å². The SMILES string of the molecule is CC.NC1=CC(=O)C(=O)c2ccccc21. The number of allylic oxidation sites excluding steroid dienone is 1. The second kappa shape index (κ2) is 4.55. The minimum absolute atomic E-state index is 0.361. The summed E-state index contributed by atoms with van der Waals surface area (Å²) in [6.45, 7) is 4.00. The maximum absolute atomic E-state index is 11.3. The number of ketones is 2. The van der Waals surface area contributed by atoms with E-state index in [0.29, 0.717) is 16.8 Å². The molecule has 0 saturated carbocycles. The maximum Gasteiger partial charge on any atom is 0.233 e. The number of hydrogen-bond donors (Lipinski definition) is 1. The molecule has 15 heavy (non-hydrogen) atoms. The van der Waals surface area contributed by atoms with Crippen molar-refractivity contribution < 1.29 is 9.59 Å². The lowest BCUT2D eigenvalue weighted by molar-refractivity contribution is -0.111. The summed E-state index contributed by atoms with van der Waals surface area (Å²) in [6.07, 6.45) is 1.17. The molecule has 0 atom stereocenters. The zero-order valence-electron chi connectivity index (χ0n) is 8.78. The molecule has 2 rings (SSSR count). The third-order valence-corrected chi connectivity index (χ3v) is 1.99. The van der Waals surface area contributed by atoms with E-state index in [2.05, 4.69) is 0 Å². The van der Waals surface area contributed by atoms with E-state index in [9.17, 15) is 9.59 Å². The molecule has 78 valence electrons. The maximum atomic E-state index is 11.3. The van der Waals surface area contributed by atoms with Gasteiger partial charge >= 0.3 is 0 Å². The van der Waals surface area contributed by atoms with E-state index in [1.165, 1.54) is 6.08 Å². The first-order valence-electron chi connectivity index (χ1n) is 4.85. The first kappa shape index (κ1) is 11.2. The van der Waals surface area contributed by atoms with Crippen LogP contribution in [-0.2, 0) is 4.79 Å². The molecule has 0 bridgehead atoms. The van der Waals surface area contributed by atoms with Crippen LogP contribution in [0, 0.1) is 0 Å². The van der Waals surface area contributed by atoms with Crippen LogP contribution in [0.1, 0.15) is 29.8 Å². The summed E-state index contributed by atoms with van der Waals surface area (Å²) in [5.41, 5.74) is 6.99. The Morgan fingerprint density at radius 3 is 2.13 bits per heavy atom. The summed E-state index contributed by atoms with van der Waals surface area (Å²) in [5, 5.41) is 0. The fraction of sp³-hybridized carbons (Fsp3) is 0.167. The number of nitrogens with two attached hydrogens (primary N) is 1. The predicted octanol–water partition coefficient (Wildman–Crippen LogP) is 1.78. The van der Waals surface area contributed by atoms with Crippen LogP contribution < -0.4 is 5.73 Å². The minimum atomic E-state index is -0.545. The van der Waals surface area contributed by atoms with E-state index in [1.54, 1.807) is 24.3 Å². The van der Waals surface area contributed by atoms with Crippen LogP contribution in [-0.4, -0.2) is 11.6 Å². The van der Waals surface area contributed by atoms with E-state index < -0.39 is 11.6 Å². The molecule has 1 aromatic carbocycles. The fourth-order valence-corrected chi connectivity index (χ4v) is 1.35. The van der Waals surface area contributed by atoms with E-state index in [-0.39, 0.29) is 0 Å². The average molecular weight is 203 g/mol. The summed E-state index contributed by atoms with van der Waals surface area (Å²) in [6, 6.07) is 6.83. The number of hydrogen-bond acceptors (Lipinski definition) is 3. The molecule has 1 aromatic rings. The van der Waals surface area contributed by atoms with Gasteiger partial charge in [0.2, 0.25) is 11.6 Å². The zero-order valence-corrected chi connectivity index (χ0v) is 8.78. The second-order valence-corrected chi connectivity index (χ2v) is 2.84. The van der Waals surface area contributed by atoms with Crippen LogP contribution in [0.25, 0.3) is 5.70 Å². The van der Waals surface area contributed by atoms with E-state index in [4.69, 9.17) is 5.73 Å². The van der Waals surface area contributed by atoms with Gasteiger partial charge < -0.3 is 5.73 Å². The highest BCUT2D eigenvalue weighted by atomic mass is 16.2. The standard InChI is InChI=1S/C10H7NO2.C2H6/c11-8-5-9(12)10(13)7-4-2-1-3-6(7)8;1-2/h1-5H,11H2;1-2H3. The normalized spacial score (nSPS) is 13.6. The Morgan fingerprint density at radius 2 is 1.53 bits per heavy atom. The van der Waals surface area contributed by atoms with Crippen LogP contribution >= 0.6 is 0 Å². The first-order valence-corrected chi connectivity index (χ1v) is 4.85. The van der Waals surface area contributed by atoms with Gasteiger partial charge in [0.1, 0.15) is 0 Å². The molecule has 0 saturated heterocycles. The highest BCUT2D eigenvalue weighted by molar-refractivity contribution is 6.50. The Hall–Kier alpha value is -1.90. The average Bonchev–Trinajstić information content (AvgIpc) is 2.29. The summed E-state index contributed by atoms with van der Waals surface area (Å²) >= 11 is 0. The van der Waals surface area contributed by atoms with E-state index >= 15 is 0 Å². The van der Waals surface area contributed by atoms with Crippen LogP contribution in [0.15, 0.2) is 30.3 Å². The number of carbonyl (C=O) groups excluding carboxylic acids is 2. The van der Waals surface area contributed by atoms with Gasteiger partial charge in [0.25, 0.3) is 0 Å². The predicted molar refractivity (Wildman–Crippen MR) is 59.3 cm³/mol. The van der Waals surface area contributed by atoms with Gasteiger partial charge in [-0.05, 0) is 0 Å². The molecule has 0 aromatic heterocycles. The molecule has 0 unspecified atom stereocenters. The monoisotopic (exact) mass is 203 g/mol.